The van der Waals surface area contributed by atoms with Gasteiger partial charge in [0.1, 0.15) is 0 Å². The van der Waals surface area contributed by atoms with Gasteiger partial charge in [-0.05, 0) is 53.6 Å². The zero-order chi connectivity index (χ0) is 25.9. The van der Waals surface area contributed by atoms with Crippen LogP contribution in [-0.2, 0) is 6.18 Å². The van der Waals surface area contributed by atoms with E-state index >= 15 is 0 Å². The number of carbonyl (C=O) groups is 3. The van der Waals surface area contributed by atoms with Crippen molar-refractivity contribution in [3.63, 3.8) is 0 Å². The summed E-state index contributed by atoms with van der Waals surface area (Å²) in [6.45, 7) is 0. The van der Waals surface area contributed by atoms with E-state index in [1.165, 1.54) is 25.2 Å². The Kier molecular flexibility index (Phi) is 7.20. The van der Waals surface area contributed by atoms with E-state index in [1.54, 1.807) is 24.3 Å². The highest BCUT2D eigenvalue weighted by atomic mass is 35.5. The largest absolute Gasteiger partial charge is 0.465 e. The van der Waals surface area contributed by atoms with E-state index in [1.807, 2.05) is 0 Å². The van der Waals surface area contributed by atoms with Gasteiger partial charge >= 0.3 is 18.3 Å². The first kappa shape index (κ1) is 25.4. The summed E-state index contributed by atoms with van der Waals surface area (Å²) in [7, 11) is 1.47. The minimum atomic E-state index is -4.81. The van der Waals surface area contributed by atoms with Gasteiger partial charge in [0.05, 0.1) is 27.6 Å². The lowest BCUT2D eigenvalue weighted by Crippen LogP contribution is -2.32. The van der Waals surface area contributed by atoms with E-state index in [-0.39, 0.29) is 23.0 Å². The molecule has 35 heavy (non-hydrogen) atoms. The highest BCUT2D eigenvalue weighted by Crippen LogP contribution is 2.40. The molecule has 182 valence electrons. The van der Waals surface area contributed by atoms with Gasteiger partial charge < -0.3 is 16.2 Å². The number of carbonyl (C=O) groups excluding carboxylic acids is 2. The van der Waals surface area contributed by atoms with Crippen molar-refractivity contribution in [2.45, 2.75) is 6.18 Å². The zero-order valence-electron chi connectivity index (χ0n) is 18.0. The fraction of sp³-hybridized carbons (Fsp3) is 0.0870. The number of nitrogens with two attached hydrogens (primary N) is 1. The number of nitrogens with zero attached hydrogens (tertiary/aromatic N) is 1. The van der Waals surface area contributed by atoms with Crippen molar-refractivity contribution < 1.29 is 32.7 Å². The van der Waals surface area contributed by atoms with Gasteiger partial charge in [-0.15, -0.1) is 0 Å². The maximum Gasteiger partial charge on any atom is 0.417 e. The molecule has 0 atom stereocenters. The van der Waals surface area contributed by atoms with Crippen LogP contribution in [0.4, 0.5) is 39.8 Å². The Morgan fingerprint density at radius 1 is 1.00 bits per heavy atom. The third-order valence-electron chi connectivity index (χ3n) is 4.90. The number of hydrogen-bond acceptors (Lipinski definition) is 3. The molecule has 3 aromatic carbocycles. The third-order valence-corrected chi connectivity index (χ3v) is 5.23. The zero-order valence-corrected chi connectivity index (χ0v) is 18.7. The molecule has 0 aromatic heterocycles. The van der Waals surface area contributed by atoms with Crippen LogP contribution in [0.1, 0.15) is 15.9 Å². The first-order chi connectivity index (χ1) is 16.4. The van der Waals surface area contributed by atoms with Crippen LogP contribution >= 0.6 is 11.6 Å². The quantitative estimate of drug-likeness (QED) is 0.354. The number of hydrogen-bond donors (Lipinski definition) is 4. The number of primary amides is 1. The number of benzene rings is 3. The molecule has 0 bridgehead atoms. The molecule has 0 radical (unpaired) electrons. The van der Waals surface area contributed by atoms with Gasteiger partial charge in [-0.25, -0.2) is 9.59 Å². The Morgan fingerprint density at radius 3 is 2.29 bits per heavy atom. The van der Waals surface area contributed by atoms with Gasteiger partial charge in [-0.3, -0.25) is 15.0 Å². The van der Waals surface area contributed by atoms with Crippen molar-refractivity contribution in [2.75, 3.05) is 17.3 Å². The molecule has 3 rings (SSSR count). The number of halogens is 4. The molecule has 0 aliphatic heterocycles. The second-order valence-electron chi connectivity index (χ2n) is 7.16. The fourth-order valence-electron chi connectivity index (χ4n) is 3.36. The standard InChI is InChI=1S/C23H18ClF3N4O4/c1-29-20(32)14-4-2-3-12(9-14)13-5-8-19(18(10-13)30-22(34)35)31(21(28)33)15-6-7-17(24)16(11-15)23(25,26)27/h2-11,30H,1H3,(H2,28,33)(H,29,32)(H,34,35). The molecule has 12 heteroatoms. The molecule has 0 unspecified atom stereocenters. The first-order valence-corrected chi connectivity index (χ1v) is 10.2. The molecule has 0 aliphatic rings. The second kappa shape index (κ2) is 9.94. The van der Waals surface area contributed by atoms with Crippen LogP contribution in [0.25, 0.3) is 11.1 Å². The minimum Gasteiger partial charge on any atom is -0.465 e. The molecule has 0 fully saturated rings. The molecule has 0 spiro atoms. The summed E-state index contributed by atoms with van der Waals surface area (Å²) < 4.78 is 40.1. The van der Waals surface area contributed by atoms with E-state index in [9.17, 15) is 32.7 Å². The Bertz CT molecular complexity index is 1310. The van der Waals surface area contributed by atoms with Crippen LogP contribution in [0.3, 0.4) is 0 Å². The number of amides is 4. The van der Waals surface area contributed by atoms with Crippen LogP contribution in [-0.4, -0.2) is 30.2 Å². The Labute approximate surface area is 202 Å². The van der Waals surface area contributed by atoms with Crippen molar-refractivity contribution in [1.29, 1.82) is 0 Å². The second-order valence-corrected chi connectivity index (χ2v) is 7.56. The molecular weight excluding hydrogens is 489 g/mol. The SMILES string of the molecule is CNC(=O)c1cccc(-c2ccc(N(C(N)=O)c3ccc(Cl)c(C(F)(F)F)c3)c(NC(=O)O)c2)c1. The van der Waals surface area contributed by atoms with Crippen LogP contribution in [0, 0.1) is 0 Å². The Morgan fingerprint density at radius 2 is 1.69 bits per heavy atom. The fourth-order valence-corrected chi connectivity index (χ4v) is 3.59. The maximum absolute atomic E-state index is 13.4. The summed E-state index contributed by atoms with van der Waals surface area (Å²) in [4.78, 5) is 36.4. The number of alkyl halides is 3. The van der Waals surface area contributed by atoms with Crippen molar-refractivity contribution in [3.05, 3.63) is 76.8 Å². The van der Waals surface area contributed by atoms with Gasteiger partial charge in [-0.2, -0.15) is 13.2 Å². The highest BCUT2D eigenvalue weighted by Gasteiger charge is 2.34. The van der Waals surface area contributed by atoms with E-state index in [0.717, 1.165) is 17.0 Å². The Hall–Kier alpha value is -4.25. The summed E-state index contributed by atoms with van der Waals surface area (Å²) in [5.74, 6) is -0.338. The van der Waals surface area contributed by atoms with Crippen molar-refractivity contribution >= 4 is 46.7 Å². The lowest BCUT2D eigenvalue weighted by atomic mass is 10.0. The first-order valence-electron chi connectivity index (χ1n) is 9.85. The van der Waals surface area contributed by atoms with E-state index in [0.29, 0.717) is 22.8 Å². The lowest BCUT2D eigenvalue weighted by Gasteiger charge is -2.25. The molecule has 5 N–H and O–H groups in total. The van der Waals surface area contributed by atoms with Crippen LogP contribution < -0.4 is 21.3 Å². The van der Waals surface area contributed by atoms with Gasteiger partial charge in [0, 0.05) is 12.6 Å². The smallest absolute Gasteiger partial charge is 0.417 e. The topological polar surface area (TPSA) is 125 Å². The molecule has 0 saturated carbocycles. The normalized spacial score (nSPS) is 11.0. The van der Waals surface area contributed by atoms with Crippen molar-refractivity contribution in [1.82, 2.24) is 5.32 Å². The average molecular weight is 507 g/mol. The summed E-state index contributed by atoms with van der Waals surface area (Å²) in [6, 6.07) is 12.2. The summed E-state index contributed by atoms with van der Waals surface area (Å²) >= 11 is 5.67. The summed E-state index contributed by atoms with van der Waals surface area (Å²) in [5.41, 5.74) is 5.08. The van der Waals surface area contributed by atoms with E-state index in [2.05, 4.69) is 10.6 Å². The predicted octanol–water partition coefficient (Wildman–Crippen LogP) is 5.69. The molecule has 3 aromatic rings. The molecule has 8 nitrogen and oxygen atoms in total. The lowest BCUT2D eigenvalue weighted by molar-refractivity contribution is -0.137. The van der Waals surface area contributed by atoms with Gasteiger partial charge in [0.25, 0.3) is 5.91 Å². The monoisotopic (exact) mass is 506 g/mol. The van der Waals surface area contributed by atoms with Crippen LogP contribution in [0.2, 0.25) is 5.02 Å². The molecule has 4 amide bonds. The average Bonchev–Trinajstić information content (AvgIpc) is 2.79. The van der Waals surface area contributed by atoms with Gasteiger partial charge in [0.2, 0.25) is 0 Å². The van der Waals surface area contributed by atoms with E-state index in [4.69, 9.17) is 17.3 Å². The summed E-state index contributed by atoms with van der Waals surface area (Å²) in [6.07, 6.45) is -6.29. The third kappa shape index (κ3) is 5.64. The van der Waals surface area contributed by atoms with Gasteiger partial charge in [0.15, 0.2) is 0 Å². The molecule has 0 aliphatic carbocycles. The Balaban J connectivity index is 2.17. The number of urea groups is 1. The number of anilines is 3. The number of nitrogens with one attached hydrogen (secondary N) is 2. The van der Waals surface area contributed by atoms with Gasteiger partial charge in [-0.1, -0.05) is 29.8 Å². The number of rotatable bonds is 5. The maximum atomic E-state index is 13.4. The van der Waals surface area contributed by atoms with E-state index < -0.39 is 28.9 Å². The van der Waals surface area contributed by atoms with Crippen molar-refractivity contribution in [2.24, 2.45) is 5.73 Å². The van der Waals surface area contributed by atoms with Crippen LogP contribution in [0.15, 0.2) is 60.7 Å². The predicted molar refractivity (Wildman–Crippen MR) is 125 cm³/mol. The van der Waals surface area contributed by atoms with Crippen molar-refractivity contribution in [3.8, 4) is 11.1 Å². The molecular formula is C23H18ClF3N4O4. The minimum absolute atomic E-state index is 0.124. The highest BCUT2D eigenvalue weighted by molar-refractivity contribution is 6.31. The summed E-state index contributed by atoms with van der Waals surface area (Å²) in [5, 5.41) is 13.4. The van der Waals surface area contributed by atoms with Crippen LogP contribution in [0.5, 0.6) is 0 Å². The molecule has 0 heterocycles. The molecule has 0 saturated heterocycles. The number of carboxylic acid groups (broad SMARTS) is 1.